The fourth-order valence-electron chi connectivity index (χ4n) is 1.26. The molecule has 6 heteroatoms. The largest absolute Gasteiger partial charge is 0.388 e. The molecule has 0 atom stereocenters. The number of hydrogen-bond acceptors (Lipinski definition) is 4. The predicted molar refractivity (Wildman–Crippen MR) is 52.9 cm³/mol. The van der Waals surface area contributed by atoms with Crippen molar-refractivity contribution in [3.05, 3.63) is 11.8 Å². The molecule has 0 radical (unpaired) electrons. The Kier molecular flexibility index (Phi) is 3.65. The van der Waals surface area contributed by atoms with Crippen LogP contribution in [0.15, 0.2) is 11.8 Å². The summed E-state index contributed by atoms with van der Waals surface area (Å²) in [5, 5.41) is 7.83. The van der Waals surface area contributed by atoms with Gasteiger partial charge in [-0.1, -0.05) is 0 Å². The van der Waals surface area contributed by atoms with Gasteiger partial charge in [0.15, 0.2) is 5.78 Å². The maximum atomic E-state index is 10.8. The highest BCUT2D eigenvalue weighted by Crippen LogP contribution is 2.11. The van der Waals surface area contributed by atoms with Crippen LogP contribution in [0.4, 0.5) is 0 Å². The predicted octanol–water partition coefficient (Wildman–Crippen LogP) is -0.499. The van der Waals surface area contributed by atoms with E-state index in [0.29, 0.717) is 19.4 Å². The lowest BCUT2D eigenvalue weighted by Crippen LogP contribution is -2.21. The molecule has 1 aliphatic carbocycles. The number of allylic oxidation sites excluding steroid dienone is 2. The Balaban J connectivity index is 2.17. The second-order valence-corrected chi connectivity index (χ2v) is 5.02. The van der Waals surface area contributed by atoms with Gasteiger partial charge in [0, 0.05) is 24.7 Å². The number of ketones is 1. The summed E-state index contributed by atoms with van der Waals surface area (Å²) in [5.41, 5.74) is 0.893. The number of hydrogen-bond donors (Lipinski definition) is 2. The summed E-state index contributed by atoms with van der Waals surface area (Å²) in [6.07, 6.45) is 3.31. The monoisotopic (exact) mass is 218 g/mol. The van der Waals surface area contributed by atoms with Crippen LogP contribution in [0, 0.1) is 0 Å². The van der Waals surface area contributed by atoms with Crippen molar-refractivity contribution in [2.24, 2.45) is 5.14 Å². The van der Waals surface area contributed by atoms with Crippen molar-refractivity contribution in [1.82, 2.24) is 5.32 Å². The Labute approximate surface area is 83.4 Å². The van der Waals surface area contributed by atoms with Gasteiger partial charge >= 0.3 is 0 Å². The normalized spacial score (nSPS) is 16.9. The lowest BCUT2D eigenvalue weighted by atomic mass is 10.3. The van der Waals surface area contributed by atoms with Gasteiger partial charge in [0.1, 0.15) is 0 Å². The summed E-state index contributed by atoms with van der Waals surface area (Å²) in [5.74, 6) is 0.0975. The fraction of sp³-hybridized carbons (Fsp3) is 0.625. The third-order valence-corrected chi connectivity index (χ3v) is 2.79. The van der Waals surface area contributed by atoms with Gasteiger partial charge in [0.2, 0.25) is 10.0 Å². The molecule has 0 aromatic heterocycles. The fourth-order valence-corrected chi connectivity index (χ4v) is 1.80. The summed E-state index contributed by atoms with van der Waals surface area (Å²) in [4.78, 5) is 10.8. The van der Waals surface area contributed by atoms with Crippen molar-refractivity contribution >= 4 is 15.8 Å². The molecule has 0 aromatic carbocycles. The van der Waals surface area contributed by atoms with Crippen LogP contribution in [0.5, 0.6) is 0 Å². The highest BCUT2D eigenvalue weighted by molar-refractivity contribution is 7.89. The Morgan fingerprint density at radius 3 is 2.64 bits per heavy atom. The number of nitrogens with two attached hydrogens (primary N) is 1. The van der Waals surface area contributed by atoms with Crippen LogP contribution < -0.4 is 10.5 Å². The number of sulfonamides is 1. The quantitative estimate of drug-likeness (QED) is 0.609. The van der Waals surface area contributed by atoms with Gasteiger partial charge in [-0.25, -0.2) is 13.6 Å². The molecule has 0 aliphatic heterocycles. The molecule has 0 unspecified atom stereocenters. The molecule has 0 saturated carbocycles. The first kappa shape index (κ1) is 11.2. The first-order valence-electron chi connectivity index (χ1n) is 4.45. The Hall–Kier alpha value is -0.880. The number of carbonyl (C=O) groups excluding carboxylic acids is 1. The van der Waals surface area contributed by atoms with Crippen molar-refractivity contribution in [2.45, 2.75) is 19.3 Å². The van der Waals surface area contributed by atoms with E-state index in [1.54, 1.807) is 6.08 Å². The van der Waals surface area contributed by atoms with Crippen LogP contribution in [0.1, 0.15) is 19.3 Å². The third kappa shape index (κ3) is 4.38. The molecular formula is C8H14N2O3S. The SMILES string of the molecule is NS(=O)(=O)CCCNC1=CC(=O)CC1. The first-order chi connectivity index (χ1) is 6.47. The first-order valence-corrected chi connectivity index (χ1v) is 6.17. The molecule has 3 N–H and O–H groups in total. The average molecular weight is 218 g/mol. The van der Waals surface area contributed by atoms with Gasteiger partial charge < -0.3 is 5.32 Å². The van der Waals surface area contributed by atoms with E-state index in [1.807, 2.05) is 0 Å². The van der Waals surface area contributed by atoms with Gasteiger partial charge in [-0.15, -0.1) is 0 Å². The zero-order valence-corrected chi connectivity index (χ0v) is 8.64. The van der Waals surface area contributed by atoms with E-state index in [0.717, 1.165) is 12.1 Å². The number of rotatable bonds is 5. The summed E-state index contributed by atoms with van der Waals surface area (Å²) in [7, 11) is -3.36. The summed E-state index contributed by atoms with van der Waals surface area (Å²) >= 11 is 0. The zero-order chi connectivity index (χ0) is 10.6. The number of primary sulfonamides is 1. The van der Waals surface area contributed by atoms with Gasteiger partial charge in [-0.2, -0.15) is 0 Å². The topological polar surface area (TPSA) is 89.3 Å². The second-order valence-electron chi connectivity index (χ2n) is 3.28. The van der Waals surface area contributed by atoms with Crippen molar-refractivity contribution in [2.75, 3.05) is 12.3 Å². The van der Waals surface area contributed by atoms with Crippen LogP contribution in [0.3, 0.4) is 0 Å². The molecule has 0 amide bonds. The molecule has 0 saturated heterocycles. The van der Waals surface area contributed by atoms with Gasteiger partial charge in [-0.3, -0.25) is 4.79 Å². The Morgan fingerprint density at radius 1 is 1.43 bits per heavy atom. The Morgan fingerprint density at radius 2 is 2.14 bits per heavy atom. The highest BCUT2D eigenvalue weighted by atomic mass is 32.2. The third-order valence-electron chi connectivity index (χ3n) is 1.93. The van der Waals surface area contributed by atoms with Gasteiger partial charge in [-0.05, 0) is 12.8 Å². The van der Waals surface area contributed by atoms with Gasteiger partial charge in [0.05, 0.1) is 5.75 Å². The van der Waals surface area contributed by atoms with E-state index in [2.05, 4.69) is 5.32 Å². The minimum atomic E-state index is -3.36. The summed E-state index contributed by atoms with van der Waals surface area (Å²) in [6, 6.07) is 0. The molecule has 0 aromatic rings. The van der Waals surface area contributed by atoms with Crippen molar-refractivity contribution < 1.29 is 13.2 Å². The molecule has 14 heavy (non-hydrogen) atoms. The highest BCUT2D eigenvalue weighted by Gasteiger charge is 2.11. The van der Waals surface area contributed by atoms with E-state index in [9.17, 15) is 13.2 Å². The van der Waals surface area contributed by atoms with Gasteiger partial charge in [0.25, 0.3) is 0 Å². The standard InChI is InChI=1S/C8H14N2O3S/c9-14(12,13)5-1-4-10-7-2-3-8(11)6-7/h6,10H,1-5H2,(H2,9,12,13). The molecule has 1 aliphatic rings. The maximum absolute atomic E-state index is 10.8. The number of carbonyl (C=O) groups is 1. The van der Waals surface area contributed by atoms with Crippen molar-refractivity contribution in [3.8, 4) is 0 Å². The molecule has 5 nitrogen and oxygen atoms in total. The van der Waals surface area contributed by atoms with Crippen LogP contribution in [-0.2, 0) is 14.8 Å². The van der Waals surface area contributed by atoms with E-state index >= 15 is 0 Å². The minimum Gasteiger partial charge on any atom is -0.388 e. The molecule has 80 valence electrons. The molecule has 1 rings (SSSR count). The van der Waals surface area contributed by atoms with Crippen molar-refractivity contribution in [1.29, 1.82) is 0 Å². The van der Waals surface area contributed by atoms with E-state index in [1.165, 1.54) is 0 Å². The maximum Gasteiger partial charge on any atom is 0.209 e. The lowest BCUT2D eigenvalue weighted by Gasteiger charge is -2.04. The molecule has 0 heterocycles. The van der Waals surface area contributed by atoms with E-state index < -0.39 is 10.0 Å². The molecular weight excluding hydrogens is 204 g/mol. The summed E-state index contributed by atoms with van der Waals surface area (Å²) < 4.78 is 21.1. The van der Waals surface area contributed by atoms with E-state index in [4.69, 9.17) is 5.14 Å². The average Bonchev–Trinajstić information content (AvgIpc) is 2.44. The molecule has 0 bridgehead atoms. The Bertz CT molecular complexity index is 346. The van der Waals surface area contributed by atoms with Crippen LogP contribution in [0.25, 0.3) is 0 Å². The lowest BCUT2D eigenvalue weighted by molar-refractivity contribution is -0.114. The van der Waals surface area contributed by atoms with Crippen LogP contribution in [0.2, 0.25) is 0 Å². The number of nitrogens with one attached hydrogen (secondary N) is 1. The van der Waals surface area contributed by atoms with Crippen molar-refractivity contribution in [3.63, 3.8) is 0 Å². The summed E-state index contributed by atoms with van der Waals surface area (Å²) in [6.45, 7) is 0.537. The van der Waals surface area contributed by atoms with Crippen LogP contribution in [-0.4, -0.2) is 26.5 Å². The zero-order valence-electron chi connectivity index (χ0n) is 7.82. The second kappa shape index (κ2) is 4.56. The minimum absolute atomic E-state index is 0.0266. The smallest absolute Gasteiger partial charge is 0.209 e. The van der Waals surface area contributed by atoms with E-state index in [-0.39, 0.29) is 11.5 Å². The van der Waals surface area contributed by atoms with Crippen LogP contribution >= 0.6 is 0 Å². The molecule has 0 spiro atoms. The molecule has 0 fully saturated rings.